The Morgan fingerprint density at radius 2 is 1.67 bits per heavy atom. The van der Waals surface area contributed by atoms with Gasteiger partial charge in [-0.05, 0) is 29.8 Å². The van der Waals surface area contributed by atoms with Crippen molar-refractivity contribution in [1.82, 2.24) is 0 Å². The lowest BCUT2D eigenvalue weighted by molar-refractivity contribution is -0.137. The van der Waals surface area contributed by atoms with Gasteiger partial charge in [0, 0.05) is 17.7 Å². The summed E-state index contributed by atoms with van der Waals surface area (Å²) >= 11 is 0. The molecule has 5 heteroatoms. The van der Waals surface area contributed by atoms with Gasteiger partial charge in [-0.25, -0.2) is 0 Å². The van der Waals surface area contributed by atoms with Crippen LogP contribution < -0.4 is 5.32 Å². The molecule has 0 saturated heterocycles. The molecule has 0 saturated carbocycles. The van der Waals surface area contributed by atoms with Gasteiger partial charge in [0.25, 0.3) is 0 Å². The van der Waals surface area contributed by atoms with Crippen molar-refractivity contribution in [3.63, 3.8) is 0 Å². The summed E-state index contributed by atoms with van der Waals surface area (Å²) in [5, 5.41) is 3.20. The van der Waals surface area contributed by atoms with Crippen LogP contribution in [0, 0.1) is 0 Å². The third-order valence-corrected chi connectivity index (χ3v) is 3.59. The first-order valence-electron chi connectivity index (χ1n) is 6.51. The molecule has 0 spiro atoms. The number of Topliss-reactive ketones (excluding diaryl/α,β-unsaturated/α-hetero) is 1. The SMILES string of the molecule is O=C1C[C@H](c2ccc(C(F)(F)F)cc2)Nc2ccccc21. The number of ketones is 1. The van der Waals surface area contributed by atoms with Crippen molar-refractivity contribution < 1.29 is 18.0 Å². The van der Waals surface area contributed by atoms with E-state index in [4.69, 9.17) is 0 Å². The van der Waals surface area contributed by atoms with Crippen molar-refractivity contribution in [3.8, 4) is 0 Å². The first kappa shape index (κ1) is 13.7. The van der Waals surface area contributed by atoms with Crippen molar-refractivity contribution in [1.29, 1.82) is 0 Å². The number of fused-ring (bicyclic) bond motifs is 1. The predicted molar refractivity (Wildman–Crippen MR) is 73.2 cm³/mol. The smallest absolute Gasteiger partial charge is 0.377 e. The highest BCUT2D eigenvalue weighted by Gasteiger charge is 2.31. The summed E-state index contributed by atoms with van der Waals surface area (Å²) < 4.78 is 37.7. The van der Waals surface area contributed by atoms with E-state index in [9.17, 15) is 18.0 Å². The molecular weight excluding hydrogens is 279 g/mol. The fourth-order valence-electron chi connectivity index (χ4n) is 2.49. The maximum absolute atomic E-state index is 12.6. The summed E-state index contributed by atoms with van der Waals surface area (Å²) in [6.07, 6.45) is -4.11. The zero-order chi connectivity index (χ0) is 15.0. The number of alkyl halides is 3. The van der Waals surface area contributed by atoms with Crippen molar-refractivity contribution in [3.05, 3.63) is 65.2 Å². The van der Waals surface area contributed by atoms with Crippen molar-refractivity contribution >= 4 is 11.5 Å². The highest BCUT2D eigenvalue weighted by molar-refractivity contribution is 6.03. The molecule has 2 aromatic carbocycles. The second-order valence-electron chi connectivity index (χ2n) is 4.99. The van der Waals surface area contributed by atoms with E-state index in [1.54, 1.807) is 18.2 Å². The van der Waals surface area contributed by atoms with Crippen LogP contribution in [0.1, 0.15) is 33.9 Å². The van der Waals surface area contributed by atoms with Gasteiger partial charge in [-0.1, -0.05) is 24.3 Å². The molecule has 2 nitrogen and oxygen atoms in total. The summed E-state index contributed by atoms with van der Waals surface area (Å²) in [4.78, 5) is 12.1. The van der Waals surface area contributed by atoms with E-state index in [2.05, 4.69) is 5.32 Å². The highest BCUT2D eigenvalue weighted by Crippen LogP contribution is 2.34. The second-order valence-corrected chi connectivity index (χ2v) is 4.99. The largest absolute Gasteiger partial charge is 0.416 e. The molecular formula is C16H12F3NO. The molecule has 1 aliphatic heterocycles. The van der Waals surface area contributed by atoms with Crippen LogP contribution in [-0.2, 0) is 6.18 Å². The number of carbonyl (C=O) groups is 1. The van der Waals surface area contributed by atoms with E-state index in [1.165, 1.54) is 12.1 Å². The van der Waals surface area contributed by atoms with Crippen LogP contribution in [0.2, 0.25) is 0 Å². The molecule has 0 bridgehead atoms. The Labute approximate surface area is 119 Å². The highest BCUT2D eigenvalue weighted by atomic mass is 19.4. The van der Waals surface area contributed by atoms with Gasteiger partial charge in [0.05, 0.1) is 11.6 Å². The second kappa shape index (κ2) is 4.91. The molecule has 0 aliphatic carbocycles. The van der Waals surface area contributed by atoms with E-state index in [1.807, 2.05) is 6.07 Å². The summed E-state index contributed by atoms with van der Waals surface area (Å²) in [5.41, 5.74) is 1.33. The van der Waals surface area contributed by atoms with Crippen LogP contribution in [0.4, 0.5) is 18.9 Å². The molecule has 1 atom stereocenters. The average Bonchev–Trinajstić information content (AvgIpc) is 2.46. The summed E-state index contributed by atoms with van der Waals surface area (Å²) in [6.45, 7) is 0. The normalized spacial score (nSPS) is 18.0. The number of halogens is 3. The van der Waals surface area contributed by atoms with E-state index >= 15 is 0 Å². The topological polar surface area (TPSA) is 29.1 Å². The molecule has 0 aromatic heterocycles. The fraction of sp³-hybridized carbons (Fsp3) is 0.188. The quantitative estimate of drug-likeness (QED) is 0.841. The monoisotopic (exact) mass is 291 g/mol. The predicted octanol–water partition coefficient (Wildman–Crippen LogP) is 4.45. The Hall–Kier alpha value is -2.30. The summed E-state index contributed by atoms with van der Waals surface area (Å²) in [5.74, 6) is -0.00533. The average molecular weight is 291 g/mol. The standard InChI is InChI=1S/C16H12F3NO/c17-16(18,19)11-7-5-10(6-8-11)14-9-15(21)12-3-1-2-4-13(12)20-14/h1-8,14,20H,9H2/t14-/m1/s1. The first-order chi connectivity index (χ1) is 9.95. The van der Waals surface area contributed by atoms with Gasteiger partial charge in [0.2, 0.25) is 0 Å². The van der Waals surface area contributed by atoms with Gasteiger partial charge in [-0.3, -0.25) is 4.79 Å². The zero-order valence-electron chi connectivity index (χ0n) is 10.9. The Morgan fingerprint density at radius 3 is 2.33 bits per heavy atom. The van der Waals surface area contributed by atoms with E-state index in [0.29, 0.717) is 11.1 Å². The van der Waals surface area contributed by atoms with E-state index in [0.717, 1.165) is 17.8 Å². The molecule has 1 aliphatic rings. The van der Waals surface area contributed by atoms with Crippen LogP contribution in [0.25, 0.3) is 0 Å². The molecule has 3 rings (SSSR count). The van der Waals surface area contributed by atoms with E-state index in [-0.39, 0.29) is 18.2 Å². The maximum Gasteiger partial charge on any atom is 0.416 e. The molecule has 21 heavy (non-hydrogen) atoms. The molecule has 2 aromatic rings. The molecule has 0 unspecified atom stereocenters. The number of nitrogens with one attached hydrogen (secondary N) is 1. The van der Waals surface area contributed by atoms with Gasteiger partial charge in [-0.2, -0.15) is 13.2 Å². The van der Waals surface area contributed by atoms with Crippen molar-refractivity contribution in [2.24, 2.45) is 0 Å². The number of carbonyl (C=O) groups excluding carboxylic acids is 1. The summed E-state index contributed by atoms with van der Waals surface area (Å²) in [7, 11) is 0. The van der Waals surface area contributed by atoms with Crippen LogP contribution in [0.3, 0.4) is 0 Å². The lowest BCUT2D eigenvalue weighted by Crippen LogP contribution is -2.22. The molecule has 108 valence electrons. The first-order valence-corrected chi connectivity index (χ1v) is 6.51. The lowest BCUT2D eigenvalue weighted by atomic mass is 9.92. The Balaban J connectivity index is 1.88. The third-order valence-electron chi connectivity index (χ3n) is 3.59. The Morgan fingerprint density at radius 1 is 1.00 bits per heavy atom. The fourth-order valence-corrected chi connectivity index (χ4v) is 2.49. The zero-order valence-corrected chi connectivity index (χ0v) is 10.9. The minimum atomic E-state index is -4.35. The van der Waals surface area contributed by atoms with Gasteiger partial charge >= 0.3 is 6.18 Å². The Kier molecular flexibility index (Phi) is 3.20. The number of anilines is 1. The van der Waals surface area contributed by atoms with Crippen LogP contribution in [0.15, 0.2) is 48.5 Å². The van der Waals surface area contributed by atoms with Crippen LogP contribution >= 0.6 is 0 Å². The number of hydrogen-bond acceptors (Lipinski definition) is 2. The Bertz CT molecular complexity index is 677. The summed E-state index contributed by atoms with van der Waals surface area (Å²) in [6, 6.07) is 11.8. The minimum absolute atomic E-state index is 0.00533. The molecule has 1 N–H and O–H groups in total. The molecule has 0 amide bonds. The number of para-hydroxylation sites is 1. The van der Waals surface area contributed by atoms with Crippen LogP contribution in [0.5, 0.6) is 0 Å². The molecule has 0 radical (unpaired) electrons. The minimum Gasteiger partial charge on any atom is -0.377 e. The van der Waals surface area contributed by atoms with Gasteiger partial charge in [0.15, 0.2) is 5.78 Å². The van der Waals surface area contributed by atoms with Gasteiger partial charge in [-0.15, -0.1) is 0 Å². The number of hydrogen-bond donors (Lipinski definition) is 1. The molecule has 1 heterocycles. The van der Waals surface area contributed by atoms with E-state index < -0.39 is 11.7 Å². The maximum atomic E-state index is 12.6. The molecule has 0 fully saturated rings. The van der Waals surface area contributed by atoms with Crippen LogP contribution in [-0.4, -0.2) is 5.78 Å². The lowest BCUT2D eigenvalue weighted by Gasteiger charge is -2.26. The number of rotatable bonds is 1. The van der Waals surface area contributed by atoms with Gasteiger partial charge in [0.1, 0.15) is 0 Å². The van der Waals surface area contributed by atoms with Gasteiger partial charge < -0.3 is 5.32 Å². The third kappa shape index (κ3) is 2.63. The number of benzene rings is 2. The van der Waals surface area contributed by atoms with Crippen molar-refractivity contribution in [2.75, 3.05) is 5.32 Å². The van der Waals surface area contributed by atoms with Crippen molar-refractivity contribution in [2.45, 2.75) is 18.6 Å².